The smallest absolute Gasteiger partial charge is 0.214 e. The van der Waals surface area contributed by atoms with E-state index in [-0.39, 0.29) is 12.0 Å². The summed E-state index contributed by atoms with van der Waals surface area (Å²) in [4.78, 5) is 12.1. The summed E-state index contributed by atoms with van der Waals surface area (Å²) in [7, 11) is -3.14. The Bertz CT molecular complexity index is 455. The zero-order valence-electron chi connectivity index (χ0n) is 11.4. The average Bonchev–Trinajstić information content (AvgIpc) is 3.02. The third-order valence-electron chi connectivity index (χ3n) is 4.82. The van der Waals surface area contributed by atoms with Gasteiger partial charge in [-0.25, -0.2) is 8.42 Å². The van der Waals surface area contributed by atoms with Crippen molar-refractivity contribution in [1.82, 2.24) is 4.31 Å². The predicted octanol–water partition coefficient (Wildman–Crippen LogP) is 1.95. The molecule has 3 fully saturated rings. The van der Waals surface area contributed by atoms with Crippen molar-refractivity contribution in [2.75, 3.05) is 12.3 Å². The van der Waals surface area contributed by atoms with Crippen LogP contribution in [0.2, 0.25) is 0 Å². The minimum absolute atomic E-state index is 0.0229. The molecule has 19 heavy (non-hydrogen) atoms. The van der Waals surface area contributed by atoms with Crippen LogP contribution in [0.3, 0.4) is 0 Å². The lowest BCUT2D eigenvalue weighted by Gasteiger charge is -2.32. The molecule has 5 heteroatoms. The summed E-state index contributed by atoms with van der Waals surface area (Å²) in [5, 5.41) is 0. The van der Waals surface area contributed by atoms with E-state index in [2.05, 4.69) is 0 Å². The molecule has 0 radical (unpaired) electrons. The normalized spacial score (nSPS) is 33.8. The summed E-state index contributed by atoms with van der Waals surface area (Å²) in [5.74, 6) is 0.966. The van der Waals surface area contributed by atoms with Gasteiger partial charge in [-0.3, -0.25) is 4.79 Å². The molecule has 1 heterocycles. The van der Waals surface area contributed by atoms with Crippen molar-refractivity contribution in [3.8, 4) is 0 Å². The molecule has 2 atom stereocenters. The Balaban J connectivity index is 1.74. The first-order chi connectivity index (χ1) is 9.08. The van der Waals surface area contributed by atoms with Crippen molar-refractivity contribution in [3.05, 3.63) is 0 Å². The Morgan fingerprint density at radius 3 is 2.53 bits per heavy atom. The second-order valence-electron chi connectivity index (χ2n) is 6.36. The third-order valence-corrected chi connectivity index (χ3v) is 6.88. The van der Waals surface area contributed by atoms with Gasteiger partial charge in [0.2, 0.25) is 10.0 Å². The van der Waals surface area contributed by atoms with Gasteiger partial charge in [-0.1, -0.05) is 6.42 Å². The maximum atomic E-state index is 12.5. The molecular formula is C14H23NO3S. The Labute approximate surface area is 115 Å². The van der Waals surface area contributed by atoms with E-state index in [1.54, 1.807) is 4.31 Å². The molecule has 0 amide bonds. The van der Waals surface area contributed by atoms with Gasteiger partial charge in [0.15, 0.2) is 0 Å². The number of sulfonamides is 1. The van der Waals surface area contributed by atoms with Crippen LogP contribution in [0.4, 0.5) is 0 Å². The van der Waals surface area contributed by atoms with E-state index in [0.717, 1.165) is 44.9 Å². The zero-order chi connectivity index (χ0) is 13.5. The quantitative estimate of drug-likeness (QED) is 0.793. The van der Waals surface area contributed by atoms with Crippen molar-refractivity contribution in [2.45, 2.75) is 57.4 Å². The molecule has 1 saturated heterocycles. The summed E-state index contributed by atoms with van der Waals surface area (Å²) in [6, 6.07) is -0.0310. The minimum atomic E-state index is -3.14. The molecule has 0 N–H and O–H groups in total. The predicted molar refractivity (Wildman–Crippen MR) is 73.2 cm³/mol. The monoisotopic (exact) mass is 285 g/mol. The first kappa shape index (κ1) is 13.6. The van der Waals surface area contributed by atoms with Crippen LogP contribution in [0.15, 0.2) is 0 Å². The highest BCUT2D eigenvalue weighted by Crippen LogP contribution is 2.37. The molecule has 3 rings (SSSR count). The van der Waals surface area contributed by atoms with Gasteiger partial charge < -0.3 is 0 Å². The van der Waals surface area contributed by atoms with Crippen molar-refractivity contribution in [1.29, 1.82) is 0 Å². The second-order valence-corrected chi connectivity index (χ2v) is 8.33. The fourth-order valence-electron chi connectivity index (χ4n) is 3.61. The van der Waals surface area contributed by atoms with Gasteiger partial charge in [0.25, 0.3) is 0 Å². The van der Waals surface area contributed by atoms with E-state index < -0.39 is 10.0 Å². The zero-order valence-corrected chi connectivity index (χ0v) is 12.2. The van der Waals surface area contributed by atoms with Crippen LogP contribution in [0.25, 0.3) is 0 Å². The summed E-state index contributed by atoms with van der Waals surface area (Å²) in [6.07, 6.45) is 7.50. The molecule has 2 saturated carbocycles. The van der Waals surface area contributed by atoms with Crippen molar-refractivity contribution >= 4 is 15.8 Å². The van der Waals surface area contributed by atoms with Gasteiger partial charge >= 0.3 is 0 Å². The number of Topliss-reactive ketones (excluding diaryl/α,β-unsaturated/α-hetero) is 1. The highest BCUT2D eigenvalue weighted by Gasteiger charge is 2.43. The van der Waals surface area contributed by atoms with E-state index in [4.69, 9.17) is 0 Å². The van der Waals surface area contributed by atoms with Crippen LogP contribution in [0.1, 0.15) is 51.4 Å². The standard InChI is InChI=1S/C14H23NO3S/c16-14-6-2-1-4-12(14)13-5-3-9-15(13)19(17,18)10-11-7-8-11/h11-13H,1-10H2. The van der Waals surface area contributed by atoms with Gasteiger partial charge in [-0.15, -0.1) is 0 Å². The summed E-state index contributed by atoms with van der Waals surface area (Å²) in [6.45, 7) is 0.628. The molecule has 2 aliphatic carbocycles. The van der Waals surface area contributed by atoms with Crippen LogP contribution in [0, 0.1) is 11.8 Å². The number of ketones is 1. The van der Waals surface area contributed by atoms with Gasteiger partial charge in [-0.05, 0) is 44.4 Å². The number of hydrogen-bond acceptors (Lipinski definition) is 3. The molecule has 0 aromatic carbocycles. The summed E-state index contributed by atoms with van der Waals surface area (Å²) >= 11 is 0. The summed E-state index contributed by atoms with van der Waals surface area (Å²) < 4.78 is 26.6. The lowest BCUT2D eigenvalue weighted by Crippen LogP contribution is -2.44. The maximum Gasteiger partial charge on any atom is 0.214 e. The van der Waals surface area contributed by atoms with Gasteiger partial charge in [0, 0.05) is 24.9 Å². The van der Waals surface area contributed by atoms with Crippen LogP contribution < -0.4 is 0 Å². The second kappa shape index (κ2) is 5.17. The molecule has 3 aliphatic rings. The molecule has 0 spiro atoms. The highest BCUT2D eigenvalue weighted by atomic mass is 32.2. The fourth-order valence-corrected chi connectivity index (χ4v) is 5.80. The topological polar surface area (TPSA) is 54.5 Å². The lowest BCUT2D eigenvalue weighted by atomic mass is 9.82. The molecule has 0 aromatic rings. The number of carbonyl (C=O) groups is 1. The molecule has 1 aliphatic heterocycles. The number of rotatable bonds is 4. The van der Waals surface area contributed by atoms with Crippen LogP contribution in [-0.2, 0) is 14.8 Å². The number of nitrogens with zero attached hydrogens (tertiary/aromatic N) is 1. The third kappa shape index (κ3) is 2.87. The van der Waals surface area contributed by atoms with Crippen LogP contribution in [-0.4, -0.2) is 36.8 Å². The summed E-state index contributed by atoms with van der Waals surface area (Å²) in [5.41, 5.74) is 0. The SMILES string of the molecule is O=C1CCCCC1C1CCCN1S(=O)(=O)CC1CC1. The molecular weight excluding hydrogens is 262 g/mol. The van der Waals surface area contributed by atoms with E-state index in [9.17, 15) is 13.2 Å². The Morgan fingerprint density at radius 2 is 1.84 bits per heavy atom. The van der Waals surface area contributed by atoms with Gasteiger partial charge in [-0.2, -0.15) is 4.31 Å². The Hall–Kier alpha value is -0.420. The highest BCUT2D eigenvalue weighted by molar-refractivity contribution is 7.89. The largest absolute Gasteiger partial charge is 0.299 e. The van der Waals surface area contributed by atoms with E-state index in [0.29, 0.717) is 30.4 Å². The first-order valence-corrected chi connectivity index (χ1v) is 9.21. The lowest BCUT2D eigenvalue weighted by molar-refractivity contribution is -0.126. The van der Waals surface area contributed by atoms with Crippen molar-refractivity contribution in [3.63, 3.8) is 0 Å². The van der Waals surface area contributed by atoms with Gasteiger partial charge in [0.1, 0.15) is 5.78 Å². The van der Waals surface area contributed by atoms with Crippen LogP contribution in [0.5, 0.6) is 0 Å². The molecule has 2 unspecified atom stereocenters. The van der Waals surface area contributed by atoms with Crippen LogP contribution >= 0.6 is 0 Å². The molecule has 0 aromatic heterocycles. The maximum absolute atomic E-state index is 12.5. The van der Waals surface area contributed by atoms with E-state index in [1.807, 2.05) is 0 Å². The minimum Gasteiger partial charge on any atom is -0.299 e. The Morgan fingerprint density at radius 1 is 1.05 bits per heavy atom. The molecule has 4 nitrogen and oxygen atoms in total. The first-order valence-electron chi connectivity index (χ1n) is 7.60. The van der Waals surface area contributed by atoms with E-state index in [1.165, 1.54) is 0 Å². The molecule has 0 bridgehead atoms. The van der Waals surface area contributed by atoms with Gasteiger partial charge in [0.05, 0.1) is 5.75 Å². The van der Waals surface area contributed by atoms with Crippen molar-refractivity contribution < 1.29 is 13.2 Å². The molecule has 108 valence electrons. The van der Waals surface area contributed by atoms with Crippen molar-refractivity contribution in [2.24, 2.45) is 11.8 Å². The average molecular weight is 285 g/mol. The number of hydrogen-bond donors (Lipinski definition) is 0. The fraction of sp³-hybridized carbons (Fsp3) is 0.929. The van der Waals surface area contributed by atoms with E-state index >= 15 is 0 Å². The number of carbonyl (C=O) groups excluding carboxylic acids is 1. The Kier molecular flexibility index (Phi) is 3.69.